The van der Waals surface area contributed by atoms with Gasteiger partial charge in [-0.05, 0) is 34.5 Å². The SMILES string of the molecule is COc1cc(F)ccc1NCc1ccsc1. The number of hydrogen-bond donors (Lipinski definition) is 1. The third-order valence-corrected chi connectivity index (χ3v) is 2.96. The number of hydrogen-bond acceptors (Lipinski definition) is 3. The molecule has 1 aromatic heterocycles. The zero-order chi connectivity index (χ0) is 11.4. The van der Waals surface area contributed by atoms with Crippen molar-refractivity contribution in [2.24, 2.45) is 0 Å². The average molecular weight is 237 g/mol. The molecule has 0 amide bonds. The van der Waals surface area contributed by atoms with E-state index in [0.717, 1.165) is 5.69 Å². The van der Waals surface area contributed by atoms with Crippen molar-refractivity contribution in [2.45, 2.75) is 6.54 Å². The van der Waals surface area contributed by atoms with Crippen molar-refractivity contribution in [1.82, 2.24) is 0 Å². The van der Waals surface area contributed by atoms with Crippen LogP contribution < -0.4 is 10.1 Å². The molecule has 1 heterocycles. The van der Waals surface area contributed by atoms with Crippen LogP contribution in [0.15, 0.2) is 35.0 Å². The summed E-state index contributed by atoms with van der Waals surface area (Å²) in [6.07, 6.45) is 0. The molecule has 0 spiro atoms. The van der Waals surface area contributed by atoms with E-state index in [9.17, 15) is 4.39 Å². The fraction of sp³-hybridized carbons (Fsp3) is 0.167. The van der Waals surface area contributed by atoms with E-state index in [4.69, 9.17) is 4.74 Å². The van der Waals surface area contributed by atoms with Crippen molar-refractivity contribution in [1.29, 1.82) is 0 Å². The van der Waals surface area contributed by atoms with Gasteiger partial charge in [-0.1, -0.05) is 0 Å². The Morgan fingerprint density at radius 1 is 1.38 bits per heavy atom. The lowest BCUT2D eigenvalue weighted by Gasteiger charge is -2.10. The number of methoxy groups -OCH3 is 1. The monoisotopic (exact) mass is 237 g/mol. The summed E-state index contributed by atoms with van der Waals surface area (Å²) in [6, 6.07) is 6.52. The summed E-state index contributed by atoms with van der Waals surface area (Å²) in [4.78, 5) is 0. The largest absolute Gasteiger partial charge is 0.494 e. The first kappa shape index (κ1) is 11.0. The van der Waals surface area contributed by atoms with Crippen molar-refractivity contribution in [3.05, 3.63) is 46.4 Å². The lowest BCUT2D eigenvalue weighted by atomic mass is 10.2. The minimum absolute atomic E-state index is 0.294. The molecule has 84 valence electrons. The quantitative estimate of drug-likeness (QED) is 0.878. The predicted molar refractivity (Wildman–Crippen MR) is 64.6 cm³/mol. The molecule has 1 N–H and O–H groups in total. The Morgan fingerprint density at radius 3 is 2.94 bits per heavy atom. The first-order valence-electron chi connectivity index (χ1n) is 4.88. The van der Waals surface area contributed by atoms with Crippen LogP contribution in [0.5, 0.6) is 5.75 Å². The van der Waals surface area contributed by atoms with Gasteiger partial charge in [-0.25, -0.2) is 4.39 Å². The fourth-order valence-electron chi connectivity index (χ4n) is 1.40. The van der Waals surface area contributed by atoms with Crippen molar-refractivity contribution in [3.8, 4) is 5.75 Å². The summed E-state index contributed by atoms with van der Waals surface area (Å²) in [5, 5.41) is 7.31. The van der Waals surface area contributed by atoms with Crippen LogP contribution in [-0.2, 0) is 6.54 Å². The molecule has 4 heteroatoms. The van der Waals surface area contributed by atoms with Gasteiger partial charge in [0.25, 0.3) is 0 Å². The molecule has 2 aromatic rings. The van der Waals surface area contributed by atoms with E-state index < -0.39 is 0 Å². The average Bonchev–Trinajstić information content (AvgIpc) is 2.80. The van der Waals surface area contributed by atoms with Crippen LogP contribution in [0, 0.1) is 5.82 Å². The van der Waals surface area contributed by atoms with Crippen LogP contribution in [0.2, 0.25) is 0 Å². The van der Waals surface area contributed by atoms with E-state index in [1.807, 2.05) is 11.4 Å². The van der Waals surface area contributed by atoms with Crippen molar-refractivity contribution >= 4 is 17.0 Å². The molecule has 0 aliphatic rings. The summed E-state index contributed by atoms with van der Waals surface area (Å²) >= 11 is 1.66. The summed E-state index contributed by atoms with van der Waals surface area (Å²) in [6.45, 7) is 0.714. The lowest BCUT2D eigenvalue weighted by Crippen LogP contribution is -2.00. The minimum Gasteiger partial charge on any atom is -0.494 e. The van der Waals surface area contributed by atoms with Crippen LogP contribution in [-0.4, -0.2) is 7.11 Å². The van der Waals surface area contributed by atoms with Crippen molar-refractivity contribution in [3.63, 3.8) is 0 Å². The standard InChI is InChI=1S/C12H12FNOS/c1-15-12-6-10(13)2-3-11(12)14-7-9-4-5-16-8-9/h2-6,8,14H,7H2,1H3. The molecule has 2 rings (SSSR count). The van der Waals surface area contributed by atoms with E-state index in [2.05, 4.69) is 10.7 Å². The molecule has 0 aliphatic carbocycles. The molecule has 0 unspecified atom stereocenters. The van der Waals surface area contributed by atoms with Gasteiger partial charge in [-0.2, -0.15) is 11.3 Å². The van der Waals surface area contributed by atoms with E-state index >= 15 is 0 Å². The third kappa shape index (κ3) is 2.52. The number of anilines is 1. The topological polar surface area (TPSA) is 21.3 Å². The molecule has 0 saturated heterocycles. The highest BCUT2D eigenvalue weighted by Gasteiger charge is 2.03. The zero-order valence-corrected chi connectivity index (χ0v) is 9.68. The molecule has 2 nitrogen and oxygen atoms in total. The minimum atomic E-state index is -0.294. The summed E-state index contributed by atoms with van der Waals surface area (Å²) < 4.78 is 18.0. The molecular weight excluding hydrogens is 225 g/mol. The van der Waals surface area contributed by atoms with E-state index in [1.165, 1.54) is 24.8 Å². The maximum absolute atomic E-state index is 12.9. The van der Waals surface area contributed by atoms with Crippen molar-refractivity contribution < 1.29 is 9.13 Å². The molecular formula is C12H12FNOS. The molecule has 0 fully saturated rings. The molecule has 0 radical (unpaired) electrons. The third-order valence-electron chi connectivity index (χ3n) is 2.23. The normalized spacial score (nSPS) is 10.1. The maximum Gasteiger partial charge on any atom is 0.144 e. The highest BCUT2D eigenvalue weighted by molar-refractivity contribution is 7.07. The van der Waals surface area contributed by atoms with Gasteiger partial charge < -0.3 is 10.1 Å². The summed E-state index contributed by atoms with van der Waals surface area (Å²) in [5.41, 5.74) is 2.01. The lowest BCUT2D eigenvalue weighted by molar-refractivity contribution is 0.413. The number of nitrogens with one attached hydrogen (secondary N) is 1. The van der Waals surface area contributed by atoms with Gasteiger partial charge in [0.05, 0.1) is 12.8 Å². The van der Waals surface area contributed by atoms with E-state index in [0.29, 0.717) is 12.3 Å². The van der Waals surface area contributed by atoms with Gasteiger partial charge in [0, 0.05) is 12.6 Å². The number of thiophene rings is 1. The molecule has 0 atom stereocenters. The first-order chi connectivity index (χ1) is 7.79. The van der Waals surface area contributed by atoms with Crippen molar-refractivity contribution in [2.75, 3.05) is 12.4 Å². The first-order valence-corrected chi connectivity index (χ1v) is 5.82. The number of ether oxygens (including phenoxy) is 1. The molecule has 1 aromatic carbocycles. The highest BCUT2D eigenvalue weighted by Crippen LogP contribution is 2.25. The summed E-state index contributed by atoms with van der Waals surface area (Å²) in [7, 11) is 1.53. The van der Waals surface area contributed by atoms with E-state index in [1.54, 1.807) is 17.4 Å². The molecule has 16 heavy (non-hydrogen) atoms. The second-order valence-electron chi connectivity index (χ2n) is 3.33. The zero-order valence-electron chi connectivity index (χ0n) is 8.87. The molecule has 0 saturated carbocycles. The molecule has 0 bridgehead atoms. The fourth-order valence-corrected chi connectivity index (χ4v) is 2.07. The maximum atomic E-state index is 12.9. The Balaban J connectivity index is 2.09. The Kier molecular flexibility index (Phi) is 3.41. The van der Waals surface area contributed by atoms with Crippen LogP contribution in [0.3, 0.4) is 0 Å². The van der Waals surface area contributed by atoms with Gasteiger partial charge in [-0.3, -0.25) is 0 Å². The second kappa shape index (κ2) is 4.99. The van der Waals surface area contributed by atoms with Gasteiger partial charge in [0.2, 0.25) is 0 Å². The second-order valence-corrected chi connectivity index (χ2v) is 4.11. The van der Waals surface area contributed by atoms with Crippen LogP contribution >= 0.6 is 11.3 Å². The Morgan fingerprint density at radius 2 is 2.25 bits per heavy atom. The highest BCUT2D eigenvalue weighted by atomic mass is 32.1. The number of rotatable bonds is 4. The predicted octanol–water partition coefficient (Wildman–Crippen LogP) is 3.51. The Labute approximate surface area is 97.7 Å². The van der Waals surface area contributed by atoms with E-state index in [-0.39, 0.29) is 5.82 Å². The van der Waals surface area contributed by atoms with Gasteiger partial charge in [0.1, 0.15) is 11.6 Å². The number of halogens is 1. The number of benzene rings is 1. The Bertz CT molecular complexity index is 456. The molecule has 0 aliphatic heterocycles. The van der Waals surface area contributed by atoms with Gasteiger partial charge >= 0.3 is 0 Å². The van der Waals surface area contributed by atoms with Crippen LogP contribution in [0.4, 0.5) is 10.1 Å². The van der Waals surface area contributed by atoms with Gasteiger partial charge in [-0.15, -0.1) is 0 Å². The Hall–Kier alpha value is -1.55. The smallest absolute Gasteiger partial charge is 0.144 e. The van der Waals surface area contributed by atoms with Crippen LogP contribution in [0.25, 0.3) is 0 Å². The van der Waals surface area contributed by atoms with Crippen LogP contribution in [0.1, 0.15) is 5.56 Å². The van der Waals surface area contributed by atoms with Gasteiger partial charge in [0.15, 0.2) is 0 Å². The summed E-state index contributed by atoms with van der Waals surface area (Å²) in [5.74, 6) is 0.230.